The molecule has 144 valence electrons. The first-order valence-electron chi connectivity index (χ1n) is 8.19. The molecule has 0 aliphatic carbocycles. The van der Waals surface area contributed by atoms with Crippen molar-refractivity contribution < 1.29 is 27.5 Å². The number of amides is 2. The predicted octanol–water partition coefficient (Wildman–Crippen LogP) is 3.82. The standard InChI is InChI=1S/C19H19F3N2O3/c1-11(2)16(24-17(25)14-5-3-4-6-15(14)20)18(26)23-12-7-9-13(10-8-12)27-19(21)22/h3-11,16,19H,1-2H3,(H,23,26)(H,24,25)/t16-/m0/s1. The summed E-state index contributed by atoms with van der Waals surface area (Å²) in [6.07, 6.45) is 0. The maximum Gasteiger partial charge on any atom is 0.387 e. The van der Waals surface area contributed by atoms with Gasteiger partial charge in [0.25, 0.3) is 5.91 Å². The number of carbonyl (C=O) groups excluding carboxylic acids is 2. The number of rotatable bonds is 7. The van der Waals surface area contributed by atoms with Gasteiger partial charge in [0.15, 0.2) is 0 Å². The highest BCUT2D eigenvalue weighted by molar-refractivity contribution is 6.01. The number of halogens is 3. The number of alkyl halides is 2. The maximum atomic E-state index is 13.7. The van der Waals surface area contributed by atoms with Gasteiger partial charge in [-0.1, -0.05) is 26.0 Å². The van der Waals surface area contributed by atoms with Crippen LogP contribution in [0.15, 0.2) is 48.5 Å². The lowest BCUT2D eigenvalue weighted by Gasteiger charge is -2.22. The summed E-state index contributed by atoms with van der Waals surface area (Å²) < 4.78 is 42.3. The van der Waals surface area contributed by atoms with E-state index in [-0.39, 0.29) is 17.2 Å². The van der Waals surface area contributed by atoms with Crippen LogP contribution in [0.25, 0.3) is 0 Å². The second-order valence-electron chi connectivity index (χ2n) is 6.07. The molecule has 0 radical (unpaired) electrons. The van der Waals surface area contributed by atoms with Gasteiger partial charge < -0.3 is 15.4 Å². The minimum absolute atomic E-state index is 0.0451. The summed E-state index contributed by atoms with van der Waals surface area (Å²) in [5, 5.41) is 5.10. The molecule has 2 aromatic rings. The number of benzene rings is 2. The number of ether oxygens (including phenoxy) is 1. The average molecular weight is 380 g/mol. The molecule has 2 amide bonds. The van der Waals surface area contributed by atoms with E-state index in [0.29, 0.717) is 5.69 Å². The summed E-state index contributed by atoms with van der Waals surface area (Å²) in [5.41, 5.74) is 0.178. The first kappa shape index (κ1) is 20.3. The van der Waals surface area contributed by atoms with Crippen LogP contribution in [-0.2, 0) is 4.79 Å². The van der Waals surface area contributed by atoms with E-state index in [2.05, 4.69) is 15.4 Å². The Morgan fingerprint density at radius 3 is 2.19 bits per heavy atom. The Morgan fingerprint density at radius 2 is 1.63 bits per heavy atom. The molecule has 5 nitrogen and oxygen atoms in total. The molecule has 0 unspecified atom stereocenters. The lowest BCUT2D eigenvalue weighted by molar-refractivity contribution is -0.118. The fraction of sp³-hybridized carbons (Fsp3) is 0.263. The highest BCUT2D eigenvalue weighted by atomic mass is 19.3. The zero-order chi connectivity index (χ0) is 20.0. The molecular formula is C19H19F3N2O3. The Hall–Kier alpha value is -3.03. The summed E-state index contributed by atoms with van der Waals surface area (Å²) in [6, 6.07) is 9.88. The second kappa shape index (κ2) is 9.07. The molecule has 0 saturated heterocycles. The Balaban J connectivity index is 2.06. The monoisotopic (exact) mass is 380 g/mol. The molecule has 0 saturated carbocycles. The highest BCUT2D eigenvalue weighted by Gasteiger charge is 2.25. The lowest BCUT2D eigenvalue weighted by atomic mass is 10.0. The number of hydrogen-bond acceptors (Lipinski definition) is 3. The van der Waals surface area contributed by atoms with Crippen molar-refractivity contribution in [1.82, 2.24) is 5.32 Å². The maximum absolute atomic E-state index is 13.7. The van der Waals surface area contributed by atoms with Gasteiger partial charge in [0.2, 0.25) is 5.91 Å². The summed E-state index contributed by atoms with van der Waals surface area (Å²) >= 11 is 0. The predicted molar refractivity (Wildman–Crippen MR) is 94.2 cm³/mol. The molecular weight excluding hydrogens is 361 g/mol. The van der Waals surface area contributed by atoms with Crippen molar-refractivity contribution in [3.05, 3.63) is 59.9 Å². The molecule has 27 heavy (non-hydrogen) atoms. The molecule has 1 atom stereocenters. The molecule has 0 aliphatic heterocycles. The van der Waals surface area contributed by atoms with E-state index >= 15 is 0 Å². The number of hydrogen-bond donors (Lipinski definition) is 2. The van der Waals surface area contributed by atoms with Gasteiger partial charge in [-0.05, 0) is 42.3 Å². The Bertz CT molecular complexity index is 795. The first-order chi connectivity index (χ1) is 12.8. The topological polar surface area (TPSA) is 67.4 Å². The Morgan fingerprint density at radius 1 is 1.00 bits per heavy atom. The van der Waals surface area contributed by atoms with Gasteiger partial charge in [-0.2, -0.15) is 8.78 Å². The van der Waals surface area contributed by atoms with Gasteiger partial charge in [-0.15, -0.1) is 0 Å². The lowest BCUT2D eigenvalue weighted by Crippen LogP contribution is -2.47. The summed E-state index contributed by atoms with van der Waals surface area (Å²) in [7, 11) is 0. The molecule has 0 spiro atoms. The summed E-state index contributed by atoms with van der Waals surface area (Å²) in [5.74, 6) is -2.23. The van der Waals surface area contributed by atoms with Gasteiger partial charge in [-0.3, -0.25) is 9.59 Å². The van der Waals surface area contributed by atoms with Crippen molar-refractivity contribution in [3.63, 3.8) is 0 Å². The van der Waals surface area contributed by atoms with E-state index in [1.807, 2.05) is 0 Å². The molecule has 2 rings (SSSR count). The molecule has 0 heterocycles. The molecule has 8 heteroatoms. The molecule has 2 N–H and O–H groups in total. The molecule has 0 fully saturated rings. The fourth-order valence-electron chi connectivity index (χ4n) is 2.34. The third-order valence-electron chi connectivity index (χ3n) is 3.70. The van der Waals surface area contributed by atoms with Crippen LogP contribution in [0.1, 0.15) is 24.2 Å². The van der Waals surface area contributed by atoms with E-state index in [1.54, 1.807) is 13.8 Å². The number of carbonyl (C=O) groups is 2. The molecule has 0 aromatic heterocycles. The quantitative estimate of drug-likeness (QED) is 0.767. The summed E-state index contributed by atoms with van der Waals surface area (Å²) in [6.45, 7) is 0.515. The van der Waals surface area contributed by atoms with Crippen molar-refractivity contribution in [1.29, 1.82) is 0 Å². The minimum atomic E-state index is -2.94. The third-order valence-corrected chi connectivity index (χ3v) is 3.70. The molecule has 0 bridgehead atoms. The first-order valence-corrected chi connectivity index (χ1v) is 8.19. The Kier molecular flexibility index (Phi) is 6.81. The van der Waals surface area contributed by atoms with Crippen LogP contribution >= 0.6 is 0 Å². The van der Waals surface area contributed by atoms with Crippen LogP contribution in [0.2, 0.25) is 0 Å². The second-order valence-corrected chi connectivity index (χ2v) is 6.07. The van der Waals surface area contributed by atoms with Crippen LogP contribution in [0.5, 0.6) is 5.75 Å². The van der Waals surface area contributed by atoms with Crippen molar-refractivity contribution in [2.24, 2.45) is 5.92 Å². The van der Waals surface area contributed by atoms with Crippen molar-refractivity contribution in [2.45, 2.75) is 26.5 Å². The van der Waals surface area contributed by atoms with Gasteiger partial charge in [0, 0.05) is 5.69 Å². The molecule has 2 aromatic carbocycles. The number of nitrogens with one attached hydrogen (secondary N) is 2. The van der Waals surface area contributed by atoms with Crippen molar-refractivity contribution in [3.8, 4) is 5.75 Å². The zero-order valence-electron chi connectivity index (χ0n) is 14.7. The van der Waals surface area contributed by atoms with E-state index in [1.165, 1.54) is 42.5 Å². The normalized spacial score (nSPS) is 12.0. The highest BCUT2D eigenvalue weighted by Crippen LogP contribution is 2.18. The van der Waals surface area contributed by atoms with Crippen LogP contribution in [0.3, 0.4) is 0 Å². The van der Waals surface area contributed by atoms with Gasteiger partial charge in [-0.25, -0.2) is 4.39 Å². The SMILES string of the molecule is CC(C)[C@H](NC(=O)c1ccccc1F)C(=O)Nc1ccc(OC(F)F)cc1. The van der Waals surface area contributed by atoms with Crippen molar-refractivity contribution in [2.75, 3.05) is 5.32 Å². The van der Waals surface area contributed by atoms with Gasteiger partial charge >= 0.3 is 6.61 Å². The molecule has 0 aliphatic rings. The van der Waals surface area contributed by atoms with Gasteiger partial charge in [0.1, 0.15) is 17.6 Å². The third kappa shape index (κ3) is 5.73. The van der Waals surface area contributed by atoms with E-state index in [4.69, 9.17) is 0 Å². The van der Waals surface area contributed by atoms with Crippen LogP contribution in [0, 0.1) is 11.7 Å². The van der Waals surface area contributed by atoms with Crippen LogP contribution < -0.4 is 15.4 Å². The van der Waals surface area contributed by atoms with Gasteiger partial charge in [0.05, 0.1) is 5.56 Å². The van der Waals surface area contributed by atoms with E-state index in [9.17, 15) is 22.8 Å². The van der Waals surface area contributed by atoms with Crippen LogP contribution in [-0.4, -0.2) is 24.5 Å². The van der Waals surface area contributed by atoms with E-state index in [0.717, 1.165) is 6.07 Å². The van der Waals surface area contributed by atoms with E-state index < -0.39 is 30.3 Å². The van der Waals surface area contributed by atoms with Crippen molar-refractivity contribution >= 4 is 17.5 Å². The minimum Gasteiger partial charge on any atom is -0.435 e. The average Bonchev–Trinajstić information content (AvgIpc) is 2.60. The van der Waals surface area contributed by atoms with Crippen LogP contribution in [0.4, 0.5) is 18.9 Å². The largest absolute Gasteiger partial charge is 0.435 e. The zero-order valence-corrected chi connectivity index (χ0v) is 14.7. The number of anilines is 1. The fourth-order valence-corrected chi connectivity index (χ4v) is 2.34. The Labute approximate surface area is 154 Å². The summed E-state index contributed by atoms with van der Waals surface area (Å²) in [4.78, 5) is 24.8. The smallest absolute Gasteiger partial charge is 0.387 e.